The van der Waals surface area contributed by atoms with E-state index >= 15 is 0 Å². The Hall–Kier alpha value is -1.87. The van der Waals surface area contributed by atoms with Crippen LogP contribution in [0.2, 0.25) is 5.02 Å². The van der Waals surface area contributed by atoms with Crippen LogP contribution in [0, 0.1) is 5.82 Å². The Morgan fingerprint density at radius 1 is 1.36 bits per heavy atom. The van der Waals surface area contributed by atoms with Crippen LogP contribution in [0.3, 0.4) is 0 Å². The summed E-state index contributed by atoms with van der Waals surface area (Å²) in [6, 6.07) is 7.54. The third kappa shape index (κ3) is 3.14. The number of hydrogen-bond donors (Lipinski definition) is 3. The molecule has 114 valence electrons. The number of urea groups is 1. The summed E-state index contributed by atoms with van der Waals surface area (Å²) in [6.07, 6.45) is 1.41. The van der Waals surface area contributed by atoms with Gasteiger partial charge in [-0.15, -0.1) is 22.8 Å². The van der Waals surface area contributed by atoms with E-state index in [1.807, 2.05) is 0 Å². The summed E-state index contributed by atoms with van der Waals surface area (Å²) in [7, 11) is 0. The van der Waals surface area contributed by atoms with Crippen molar-refractivity contribution in [2.75, 3.05) is 5.01 Å². The minimum Gasteiger partial charge on any atom is -0.260 e. The van der Waals surface area contributed by atoms with Crippen LogP contribution in [0.4, 0.5) is 14.9 Å². The number of amides is 2. The molecule has 0 saturated carbocycles. The number of anilines is 1. The van der Waals surface area contributed by atoms with E-state index in [-0.39, 0.29) is 11.8 Å². The second-order valence-electron chi connectivity index (χ2n) is 4.34. The molecule has 22 heavy (non-hydrogen) atoms. The summed E-state index contributed by atoms with van der Waals surface area (Å²) >= 11 is 7.60. The fourth-order valence-electron chi connectivity index (χ4n) is 1.90. The number of hydrazine groups is 3. The Balaban J connectivity index is 1.85. The molecule has 0 bridgehead atoms. The summed E-state index contributed by atoms with van der Waals surface area (Å²) in [5.74, 6) is 0.0898. The van der Waals surface area contributed by atoms with Crippen molar-refractivity contribution in [1.29, 1.82) is 0 Å². The number of nitrogens with one attached hydrogen (secondary N) is 3. The van der Waals surface area contributed by atoms with E-state index < -0.39 is 0 Å². The van der Waals surface area contributed by atoms with Crippen LogP contribution in [0.25, 0.3) is 0 Å². The molecule has 2 heterocycles. The topological polar surface area (TPSA) is 69.3 Å². The lowest BCUT2D eigenvalue weighted by atomic mass is 10.3. The number of aromatic nitrogens is 1. The van der Waals surface area contributed by atoms with E-state index in [1.54, 1.807) is 18.2 Å². The lowest BCUT2D eigenvalue weighted by Crippen LogP contribution is -2.37. The molecule has 1 saturated heterocycles. The third-order valence-electron chi connectivity index (χ3n) is 2.87. The fraction of sp³-hybridized carbons (Fsp3) is 0.0769. The molecular formula is C13H11ClFN5OS. The molecule has 1 aliphatic heterocycles. The molecular weight excluding hydrogens is 329 g/mol. The monoisotopic (exact) mass is 339 g/mol. The molecule has 2 amide bonds. The number of carbonyl (C=O) groups is 1. The molecule has 2 aromatic rings. The summed E-state index contributed by atoms with van der Waals surface area (Å²) < 4.78 is 13.2. The highest BCUT2D eigenvalue weighted by Gasteiger charge is 2.24. The van der Waals surface area contributed by atoms with Crippen LogP contribution < -0.4 is 21.5 Å². The van der Waals surface area contributed by atoms with Crippen molar-refractivity contribution in [1.82, 2.24) is 21.5 Å². The first kappa shape index (κ1) is 15.0. The predicted octanol–water partition coefficient (Wildman–Crippen LogP) is 2.62. The minimum atomic E-state index is -0.354. The van der Waals surface area contributed by atoms with Gasteiger partial charge in [-0.25, -0.2) is 14.2 Å². The number of carbonyl (C=O) groups excluding carboxylic acids is 1. The third-order valence-corrected chi connectivity index (χ3v) is 4.46. The van der Waals surface area contributed by atoms with Crippen LogP contribution >= 0.6 is 23.4 Å². The molecule has 1 fully saturated rings. The molecule has 0 atom stereocenters. The van der Waals surface area contributed by atoms with Crippen molar-refractivity contribution in [2.45, 2.75) is 10.6 Å². The summed E-state index contributed by atoms with van der Waals surface area (Å²) in [6.45, 7) is 0. The number of benzene rings is 1. The van der Waals surface area contributed by atoms with Crippen LogP contribution in [0.15, 0.2) is 41.4 Å². The van der Waals surface area contributed by atoms with Gasteiger partial charge in [0, 0.05) is 11.9 Å². The first-order chi connectivity index (χ1) is 10.6. The Labute approximate surface area is 135 Å². The number of nitrogens with zero attached hydrogens (tertiary/aromatic N) is 2. The second-order valence-corrected chi connectivity index (χ2v) is 5.74. The lowest BCUT2D eigenvalue weighted by Gasteiger charge is -2.18. The van der Waals surface area contributed by atoms with Crippen LogP contribution in [-0.4, -0.2) is 11.0 Å². The van der Waals surface area contributed by atoms with E-state index in [4.69, 9.17) is 11.6 Å². The van der Waals surface area contributed by atoms with Gasteiger partial charge in [-0.2, -0.15) is 0 Å². The number of pyridine rings is 1. The van der Waals surface area contributed by atoms with Gasteiger partial charge in [0.15, 0.2) is 0 Å². The van der Waals surface area contributed by atoms with Crippen LogP contribution in [-0.2, 0) is 5.75 Å². The average molecular weight is 340 g/mol. The summed E-state index contributed by atoms with van der Waals surface area (Å²) in [5, 5.41) is 1.80. The van der Waals surface area contributed by atoms with Gasteiger partial charge in [0.25, 0.3) is 0 Å². The molecule has 1 aliphatic rings. The largest absolute Gasteiger partial charge is 0.353 e. The van der Waals surface area contributed by atoms with Crippen molar-refractivity contribution in [3.8, 4) is 0 Å². The van der Waals surface area contributed by atoms with Gasteiger partial charge in [-0.05, 0) is 24.3 Å². The van der Waals surface area contributed by atoms with Crippen molar-refractivity contribution >= 4 is 35.1 Å². The number of thioether (sulfide) groups is 1. The zero-order chi connectivity index (χ0) is 15.5. The van der Waals surface area contributed by atoms with Gasteiger partial charge >= 0.3 is 6.03 Å². The van der Waals surface area contributed by atoms with Crippen LogP contribution in [0.1, 0.15) is 5.69 Å². The van der Waals surface area contributed by atoms with Gasteiger partial charge in [-0.3, -0.25) is 10.4 Å². The van der Waals surface area contributed by atoms with Gasteiger partial charge in [0.1, 0.15) is 5.82 Å². The normalized spacial score (nSPS) is 14.3. The van der Waals surface area contributed by atoms with E-state index in [0.29, 0.717) is 27.1 Å². The Morgan fingerprint density at radius 3 is 2.95 bits per heavy atom. The van der Waals surface area contributed by atoms with Crippen molar-refractivity contribution in [3.05, 3.63) is 53.1 Å². The number of hydrogen-bond acceptors (Lipinski definition) is 5. The van der Waals surface area contributed by atoms with E-state index in [0.717, 1.165) is 0 Å². The molecule has 0 unspecified atom stereocenters. The highest BCUT2D eigenvalue weighted by Crippen LogP contribution is 2.37. The van der Waals surface area contributed by atoms with E-state index in [2.05, 4.69) is 21.5 Å². The SMILES string of the molecule is O=C1NNNN1c1cccc(Cl)c1SCc1cc(F)ccn1. The zero-order valence-electron chi connectivity index (χ0n) is 11.1. The zero-order valence-corrected chi connectivity index (χ0v) is 12.7. The first-order valence-corrected chi connectivity index (χ1v) is 7.64. The van der Waals surface area contributed by atoms with E-state index in [1.165, 1.54) is 35.1 Å². The van der Waals surface area contributed by atoms with Gasteiger partial charge in [-0.1, -0.05) is 17.7 Å². The molecule has 3 N–H and O–H groups in total. The van der Waals surface area contributed by atoms with Crippen molar-refractivity contribution in [2.24, 2.45) is 0 Å². The summed E-state index contributed by atoms with van der Waals surface area (Å²) in [5.41, 5.74) is 8.78. The van der Waals surface area contributed by atoms with Gasteiger partial charge < -0.3 is 0 Å². The quantitative estimate of drug-likeness (QED) is 0.747. The average Bonchev–Trinajstić information content (AvgIpc) is 2.92. The smallest absolute Gasteiger partial charge is 0.260 e. The molecule has 1 aromatic heterocycles. The number of rotatable bonds is 4. The fourth-order valence-corrected chi connectivity index (χ4v) is 3.20. The maximum Gasteiger partial charge on any atom is 0.353 e. The van der Waals surface area contributed by atoms with Gasteiger partial charge in [0.05, 0.1) is 21.3 Å². The Morgan fingerprint density at radius 2 is 2.23 bits per heavy atom. The van der Waals surface area contributed by atoms with Gasteiger partial charge in [0.2, 0.25) is 0 Å². The van der Waals surface area contributed by atoms with Crippen molar-refractivity contribution in [3.63, 3.8) is 0 Å². The Kier molecular flexibility index (Phi) is 4.44. The maximum atomic E-state index is 13.2. The number of halogens is 2. The summed E-state index contributed by atoms with van der Waals surface area (Å²) in [4.78, 5) is 16.5. The first-order valence-electron chi connectivity index (χ1n) is 6.27. The maximum absolute atomic E-state index is 13.2. The molecule has 0 radical (unpaired) electrons. The molecule has 9 heteroatoms. The molecule has 3 rings (SSSR count). The second kappa shape index (κ2) is 6.49. The minimum absolute atomic E-state index is 0.338. The molecule has 0 spiro atoms. The molecule has 1 aromatic carbocycles. The predicted molar refractivity (Wildman–Crippen MR) is 82.5 cm³/mol. The van der Waals surface area contributed by atoms with Crippen molar-refractivity contribution < 1.29 is 9.18 Å². The standard InChI is InChI=1S/C13H11ClFN5OS/c14-10-2-1-3-11(20-13(21)17-18-19-20)12(10)22-7-9-6-8(15)4-5-16-9/h1-6,18-19H,7H2,(H,17,21). The van der Waals surface area contributed by atoms with Crippen LogP contribution in [0.5, 0.6) is 0 Å². The molecule has 6 nitrogen and oxygen atoms in total. The Bertz CT molecular complexity index is 717. The lowest BCUT2D eigenvalue weighted by molar-refractivity contribution is 0.250. The highest BCUT2D eigenvalue weighted by molar-refractivity contribution is 7.98. The highest BCUT2D eigenvalue weighted by atomic mass is 35.5. The van der Waals surface area contributed by atoms with E-state index in [9.17, 15) is 9.18 Å². The molecule has 0 aliphatic carbocycles.